The van der Waals surface area contributed by atoms with Crippen molar-refractivity contribution in [1.29, 1.82) is 0 Å². The summed E-state index contributed by atoms with van der Waals surface area (Å²) >= 11 is 5.41. The Hall–Kier alpha value is -2.07. The van der Waals surface area contributed by atoms with Crippen molar-refractivity contribution < 1.29 is 4.74 Å². The number of benzene rings is 2. The van der Waals surface area contributed by atoms with Gasteiger partial charge >= 0.3 is 0 Å². The fourth-order valence-corrected chi connectivity index (χ4v) is 2.69. The minimum Gasteiger partial charge on any atom is -0.497 e. The number of anilines is 1. The number of hydrogen-bond acceptors (Lipinski definition) is 2. The van der Waals surface area contributed by atoms with Crippen LogP contribution in [-0.2, 0) is 5.41 Å². The molecule has 0 bridgehead atoms. The fraction of sp³-hybridized carbons (Fsp3) is 0.350. The van der Waals surface area contributed by atoms with Crippen molar-refractivity contribution in [2.75, 3.05) is 12.4 Å². The molecule has 0 heterocycles. The molecule has 0 aromatic heterocycles. The highest BCUT2D eigenvalue weighted by Gasteiger charge is 2.14. The molecule has 0 aliphatic rings. The molecule has 24 heavy (non-hydrogen) atoms. The third kappa shape index (κ3) is 4.96. The average molecular weight is 343 g/mol. The summed E-state index contributed by atoms with van der Waals surface area (Å²) < 4.78 is 5.15. The number of hydrogen-bond donors (Lipinski definition) is 2. The van der Waals surface area contributed by atoms with Crippen molar-refractivity contribution in [3.8, 4) is 5.75 Å². The van der Waals surface area contributed by atoms with E-state index in [1.54, 1.807) is 7.11 Å². The van der Waals surface area contributed by atoms with E-state index in [0.29, 0.717) is 5.11 Å². The van der Waals surface area contributed by atoms with E-state index in [9.17, 15) is 0 Å². The first-order valence-electron chi connectivity index (χ1n) is 8.11. The van der Waals surface area contributed by atoms with Gasteiger partial charge in [-0.15, -0.1) is 0 Å². The number of rotatable bonds is 4. The maximum atomic E-state index is 5.41. The molecule has 2 aromatic rings. The summed E-state index contributed by atoms with van der Waals surface area (Å²) in [4.78, 5) is 0. The third-order valence-corrected chi connectivity index (χ3v) is 4.19. The van der Waals surface area contributed by atoms with Crippen LogP contribution < -0.4 is 15.4 Å². The summed E-state index contributed by atoms with van der Waals surface area (Å²) in [6.45, 7) is 8.76. The molecule has 0 saturated carbocycles. The van der Waals surface area contributed by atoms with Gasteiger partial charge in [0.1, 0.15) is 5.75 Å². The molecule has 4 heteroatoms. The van der Waals surface area contributed by atoms with E-state index in [4.69, 9.17) is 17.0 Å². The van der Waals surface area contributed by atoms with Gasteiger partial charge in [-0.2, -0.15) is 0 Å². The van der Waals surface area contributed by atoms with Crippen LogP contribution in [0.25, 0.3) is 0 Å². The fourth-order valence-electron chi connectivity index (χ4n) is 2.39. The van der Waals surface area contributed by atoms with Crippen LogP contribution >= 0.6 is 12.2 Å². The summed E-state index contributed by atoms with van der Waals surface area (Å²) in [5.41, 5.74) is 3.64. The Kier molecular flexibility index (Phi) is 5.84. The molecule has 0 spiro atoms. The first-order valence-corrected chi connectivity index (χ1v) is 8.52. The molecule has 0 radical (unpaired) electrons. The lowest BCUT2D eigenvalue weighted by atomic mass is 9.86. The van der Waals surface area contributed by atoms with Gasteiger partial charge in [0.05, 0.1) is 13.2 Å². The molecule has 0 unspecified atom stereocenters. The summed E-state index contributed by atoms with van der Waals surface area (Å²) in [5, 5.41) is 7.12. The molecule has 0 aliphatic heterocycles. The molecule has 3 nitrogen and oxygen atoms in total. The van der Waals surface area contributed by atoms with Crippen LogP contribution in [0.5, 0.6) is 5.75 Å². The van der Waals surface area contributed by atoms with E-state index in [0.717, 1.165) is 11.4 Å². The highest BCUT2D eigenvalue weighted by atomic mass is 32.1. The molecule has 0 aliphatic carbocycles. The van der Waals surface area contributed by atoms with E-state index in [-0.39, 0.29) is 11.5 Å². The van der Waals surface area contributed by atoms with Gasteiger partial charge in [0.2, 0.25) is 0 Å². The number of nitrogens with one attached hydrogen (secondary N) is 2. The van der Waals surface area contributed by atoms with Gasteiger partial charge < -0.3 is 15.4 Å². The van der Waals surface area contributed by atoms with Crippen molar-refractivity contribution in [1.82, 2.24) is 5.32 Å². The zero-order valence-electron chi connectivity index (χ0n) is 15.0. The Labute approximate surface area is 150 Å². The second-order valence-corrected chi connectivity index (χ2v) is 7.33. The minimum absolute atomic E-state index is 0.136. The van der Waals surface area contributed by atoms with E-state index >= 15 is 0 Å². The Bertz CT molecular complexity index is 672. The van der Waals surface area contributed by atoms with Crippen molar-refractivity contribution in [2.45, 2.75) is 39.2 Å². The second kappa shape index (κ2) is 7.67. The first kappa shape index (κ1) is 18.3. The maximum absolute atomic E-state index is 5.41. The highest BCUT2D eigenvalue weighted by Crippen LogP contribution is 2.24. The van der Waals surface area contributed by atoms with Gasteiger partial charge in [0, 0.05) is 5.69 Å². The van der Waals surface area contributed by atoms with Gasteiger partial charge in [-0.05, 0) is 59.9 Å². The first-order chi connectivity index (χ1) is 11.3. The van der Waals surface area contributed by atoms with Crippen LogP contribution in [0.2, 0.25) is 0 Å². The molecule has 2 rings (SSSR count). The van der Waals surface area contributed by atoms with E-state index in [1.807, 2.05) is 24.3 Å². The maximum Gasteiger partial charge on any atom is 0.171 e. The lowest BCUT2D eigenvalue weighted by molar-refractivity contribution is 0.415. The number of ether oxygens (including phenoxy) is 1. The summed E-state index contributed by atoms with van der Waals surface area (Å²) in [5.74, 6) is 0.826. The quantitative estimate of drug-likeness (QED) is 0.763. The van der Waals surface area contributed by atoms with E-state index in [1.165, 1.54) is 11.1 Å². The molecule has 2 N–H and O–H groups in total. The molecule has 0 fully saturated rings. The van der Waals surface area contributed by atoms with Gasteiger partial charge in [-0.3, -0.25) is 0 Å². The van der Waals surface area contributed by atoms with Crippen LogP contribution in [0.3, 0.4) is 0 Å². The lowest BCUT2D eigenvalue weighted by Gasteiger charge is -2.21. The number of methoxy groups -OCH3 is 1. The Morgan fingerprint density at radius 2 is 1.58 bits per heavy atom. The summed E-state index contributed by atoms with van der Waals surface area (Å²) in [6, 6.07) is 16.5. The van der Waals surface area contributed by atoms with Crippen LogP contribution in [0.1, 0.15) is 44.9 Å². The van der Waals surface area contributed by atoms with E-state index in [2.05, 4.69) is 62.6 Å². The van der Waals surface area contributed by atoms with Gasteiger partial charge in [-0.25, -0.2) is 0 Å². The van der Waals surface area contributed by atoms with Crippen molar-refractivity contribution in [3.05, 3.63) is 59.7 Å². The molecule has 2 aromatic carbocycles. The Balaban J connectivity index is 1.95. The SMILES string of the molecule is COc1ccc(NC(=S)N[C@H](C)c2ccc(C(C)(C)C)cc2)cc1. The number of thiocarbonyl (C=S) groups is 1. The van der Waals surface area contributed by atoms with Crippen LogP contribution in [-0.4, -0.2) is 12.2 Å². The standard InChI is InChI=1S/C20H26N2OS/c1-14(15-6-8-16(9-7-15)20(2,3)4)21-19(24)22-17-10-12-18(23-5)13-11-17/h6-14H,1-5H3,(H2,21,22,24)/t14-/m1/s1. The molecular formula is C20H26N2OS. The Morgan fingerprint density at radius 3 is 2.08 bits per heavy atom. The highest BCUT2D eigenvalue weighted by molar-refractivity contribution is 7.80. The average Bonchev–Trinajstić information content (AvgIpc) is 2.54. The third-order valence-electron chi connectivity index (χ3n) is 3.97. The van der Waals surface area contributed by atoms with Crippen molar-refractivity contribution >= 4 is 23.0 Å². The van der Waals surface area contributed by atoms with Crippen molar-refractivity contribution in [3.63, 3.8) is 0 Å². The second-order valence-electron chi connectivity index (χ2n) is 6.92. The molecule has 128 valence electrons. The monoisotopic (exact) mass is 342 g/mol. The van der Waals surface area contributed by atoms with Crippen LogP contribution in [0.4, 0.5) is 5.69 Å². The Morgan fingerprint density at radius 1 is 1.00 bits per heavy atom. The van der Waals surface area contributed by atoms with Gasteiger partial charge in [0.25, 0.3) is 0 Å². The largest absolute Gasteiger partial charge is 0.497 e. The predicted molar refractivity (Wildman–Crippen MR) is 106 cm³/mol. The zero-order chi connectivity index (χ0) is 17.7. The lowest BCUT2D eigenvalue weighted by Crippen LogP contribution is -2.30. The van der Waals surface area contributed by atoms with Crippen LogP contribution in [0, 0.1) is 0 Å². The van der Waals surface area contributed by atoms with Gasteiger partial charge in [-0.1, -0.05) is 45.0 Å². The van der Waals surface area contributed by atoms with Crippen molar-refractivity contribution in [2.24, 2.45) is 0 Å². The molecule has 1 atom stereocenters. The zero-order valence-corrected chi connectivity index (χ0v) is 15.8. The summed E-state index contributed by atoms with van der Waals surface area (Å²) in [7, 11) is 1.65. The molecule has 0 amide bonds. The summed E-state index contributed by atoms with van der Waals surface area (Å²) in [6.07, 6.45) is 0. The molecule has 0 saturated heterocycles. The van der Waals surface area contributed by atoms with Crippen LogP contribution in [0.15, 0.2) is 48.5 Å². The topological polar surface area (TPSA) is 33.3 Å². The molecular weight excluding hydrogens is 316 g/mol. The predicted octanol–water partition coefficient (Wildman–Crippen LogP) is 5.04. The minimum atomic E-state index is 0.136. The normalized spacial score (nSPS) is 12.4. The van der Waals surface area contributed by atoms with E-state index < -0.39 is 0 Å². The van der Waals surface area contributed by atoms with Gasteiger partial charge in [0.15, 0.2) is 5.11 Å². The smallest absolute Gasteiger partial charge is 0.171 e.